The molecular formula is C17H28N2O3S. The first-order chi connectivity index (χ1) is 10.8. The van der Waals surface area contributed by atoms with Gasteiger partial charge in [-0.2, -0.15) is 4.31 Å². The van der Waals surface area contributed by atoms with Crippen molar-refractivity contribution in [3.8, 4) is 0 Å². The van der Waals surface area contributed by atoms with Crippen LogP contribution in [0.1, 0.15) is 32.3 Å². The van der Waals surface area contributed by atoms with E-state index in [1.165, 1.54) is 9.87 Å². The number of nitrogens with one attached hydrogen (secondary N) is 1. The van der Waals surface area contributed by atoms with Crippen LogP contribution in [0.4, 0.5) is 0 Å². The molecule has 0 saturated heterocycles. The number of hydrogen-bond acceptors (Lipinski definition) is 3. The zero-order valence-corrected chi connectivity index (χ0v) is 15.1. The van der Waals surface area contributed by atoms with Crippen LogP contribution in [-0.4, -0.2) is 44.5 Å². The van der Waals surface area contributed by atoms with Gasteiger partial charge in [0.2, 0.25) is 15.9 Å². The summed E-state index contributed by atoms with van der Waals surface area (Å²) >= 11 is 0. The second-order valence-electron chi connectivity index (χ2n) is 6.22. The van der Waals surface area contributed by atoms with E-state index in [2.05, 4.69) is 19.2 Å². The van der Waals surface area contributed by atoms with Crippen LogP contribution in [0.2, 0.25) is 0 Å². The van der Waals surface area contributed by atoms with Crippen molar-refractivity contribution in [1.29, 1.82) is 0 Å². The largest absolute Gasteiger partial charge is 0.355 e. The van der Waals surface area contributed by atoms with Gasteiger partial charge in [-0.15, -0.1) is 0 Å². The van der Waals surface area contributed by atoms with Gasteiger partial charge in [-0.25, -0.2) is 8.42 Å². The average molecular weight is 340 g/mol. The highest BCUT2D eigenvalue weighted by molar-refractivity contribution is 7.88. The van der Waals surface area contributed by atoms with Crippen molar-refractivity contribution in [3.63, 3.8) is 0 Å². The molecule has 0 radical (unpaired) electrons. The van der Waals surface area contributed by atoms with Crippen LogP contribution in [-0.2, 0) is 21.2 Å². The maximum absolute atomic E-state index is 11.9. The van der Waals surface area contributed by atoms with Gasteiger partial charge in [0.1, 0.15) is 0 Å². The Labute approximate surface area is 140 Å². The highest BCUT2D eigenvalue weighted by Crippen LogP contribution is 2.06. The second kappa shape index (κ2) is 9.67. The number of benzene rings is 1. The van der Waals surface area contributed by atoms with Crippen LogP contribution < -0.4 is 5.32 Å². The normalized spacial score (nSPS) is 11.9. The van der Waals surface area contributed by atoms with Crippen LogP contribution >= 0.6 is 0 Å². The lowest BCUT2D eigenvalue weighted by atomic mass is 10.1. The average Bonchev–Trinajstić information content (AvgIpc) is 2.46. The predicted octanol–water partition coefficient (Wildman–Crippen LogP) is 2.04. The van der Waals surface area contributed by atoms with Gasteiger partial charge >= 0.3 is 0 Å². The Kier molecular flexibility index (Phi) is 8.26. The molecule has 0 atom stereocenters. The summed E-state index contributed by atoms with van der Waals surface area (Å²) in [6, 6.07) is 9.91. The lowest BCUT2D eigenvalue weighted by Crippen LogP contribution is -2.41. The molecule has 0 bridgehead atoms. The quantitative estimate of drug-likeness (QED) is 0.709. The lowest BCUT2D eigenvalue weighted by Gasteiger charge is -2.19. The highest BCUT2D eigenvalue weighted by Gasteiger charge is 2.19. The van der Waals surface area contributed by atoms with E-state index in [-0.39, 0.29) is 12.5 Å². The Morgan fingerprint density at radius 1 is 1.22 bits per heavy atom. The number of rotatable bonds is 10. The summed E-state index contributed by atoms with van der Waals surface area (Å²) in [6.07, 6.45) is 3.52. The summed E-state index contributed by atoms with van der Waals surface area (Å²) in [4.78, 5) is 11.9. The van der Waals surface area contributed by atoms with E-state index in [0.717, 1.165) is 19.1 Å². The molecule has 1 aromatic carbocycles. The summed E-state index contributed by atoms with van der Waals surface area (Å²) in [7, 11) is -3.38. The van der Waals surface area contributed by atoms with Crippen LogP contribution in [0.15, 0.2) is 30.3 Å². The van der Waals surface area contributed by atoms with Crippen molar-refractivity contribution in [3.05, 3.63) is 35.9 Å². The summed E-state index contributed by atoms with van der Waals surface area (Å²) in [5, 5.41) is 2.78. The minimum absolute atomic E-state index is 0.105. The molecule has 0 aliphatic carbocycles. The molecule has 0 spiro atoms. The molecule has 1 aromatic rings. The maximum Gasteiger partial charge on any atom is 0.235 e. The Hall–Kier alpha value is -1.40. The Morgan fingerprint density at radius 2 is 1.87 bits per heavy atom. The number of amides is 1. The molecule has 0 heterocycles. The van der Waals surface area contributed by atoms with E-state index in [9.17, 15) is 13.2 Å². The smallest absolute Gasteiger partial charge is 0.235 e. The van der Waals surface area contributed by atoms with Gasteiger partial charge < -0.3 is 5.32 Å². The van der Waals surface area contributed by atoms with Crippen molar-refractivity contribution < 1.29 is 13.2 Å². The maximum atomic E-state index is 11.9. The number of aryl methyl sites for hydroxylation is 1. The first-order valence-electron chi connectivity index (χ1n) is 8.05. The summed E-state index contributed by atoms with van der Waals surface area (Å²) in [5.74, 6) is 0.267. The van der Waals surface area contributed by atoms with E-state index in [1.807, 2.05) is 30.3 Å². The van der Waals surface area contributed by atoms with Gasteiger partial charge in [-0.05, 0) is 30.7 Å². The fraction of sp³-hybridized carbons (Fsp3) is 0.588. The topological polar surface area (TPSA) is 66.5 Å². The summed E-state index contributed by atoms with van der Waals surface area (Å²) in [5.41, 5.74) is 1.17. The van der Waals surface area contributed by atoms with Crippen molar-refractivity contribution >= 4 is 15.9 Å². The first kappa shape index (κ1) is 19.6. The monoisotopic (exact) mass is 340 g/mol. The Balaban J connectivity index is 2.45. The minimum atomic E-state index is -3.38. The predicted molar refractivity (Wildman–Crippen MR) is 93.6 cm³/mol. The molecule has 1 amide bonds. The third-order valence-electron chi connectivity index (χ3n) is 3.55. The fourth-order valence-corrected chi connectivity index (χ4v) is 3.00. The Morgan fingerprint density at radius 3 is 2.43 bits per heavy atom. The van der Waals surface area contributed by atoms with E-state index in [0.29, 0.717) is 25.4 Å². The molecule has 0 aliphatic rings. The molecule has 0 saturated carbocycles. The minimum Gasteiger partial charge on any atom is -0.355 e. The van der Waals surface area contributed by atoms with Crippen LogP contribution in [0.25, 0.3) is 0 Å². The summed E-state index contributed by atoms with van der Waals surface area (Å²) in [6.45, 7) is 4.99. The van der Waals surface area contributed by atoms with Crippen molar-refractivity contribution in [2.24, 2.45) is 5.92 Å². The van der Waals surface area contributed by atoms with Crippen molar-refractivity contribution in [2.75, 3.05) is 25.9 Å². The van der Waals surface area contributed by atoms with E-state index in [4.69, 9.17) is 0 Å². The molecule has 0 aromatic heterocycles. The van der Waals surface area contributed by atoms with Gasteiger partial charge in [-0.1, -0.05) is 44.2 Å². The fourth-order valence-electron chi connectivity index (χ4n) is 2.18. The van der Waals surface area contributed by atoms with Crippen LogP contribution in [0.3, 0.4) is 0 Å². The standard InChI is InChI=1S/C17H28N2O3S/c1-15(2)11-12-18-17(20)14-19(23(3,21)22)13-7-10-16-8-5-4-6-9-16/h4-6,8-9,15H,7,10-14H2,1-3H3,(H,18,20). The Bertz CT molecular complexity index is 571. The van der Waals surface area contributed by atoms with Crippen LogP contribution in [0.5, 0.6) is 0 Å². The number of hydrogen-bond donors (Lipinski definition) is 1. The van der Waals surface area contributed by atoms with Gasteiger partial charge in [0, 0.05) is 13.1 Å². The lowest BCUT2D eigenvalue weighted by molar-refractivity contribution is -0.121. The number of sulfonamides is 1. The number of carbonyl (C=O) groups excluding carboxylic acids is 1. The number of nitrogens with zero attached hydrogens (tertiary/aromatic N) is 1. The highest BCUT2D eigenvalue weighted by atomic mass is 32.2. The first-order valence-corrected chi connectivity index (χ1v) is 9.89. The van der Waals surface area contributed by atoms with Gasteiger partial charge in [-0.3, -0.25) is 4.79 Å². The van der Waals surface area contributed by atoms with Gasteiger partial charge in [0.25, 0.3) is 0 Å². The van der Waals surface area contributed by atoms with E-state index >= 15 is 0 Å². The van der Waals surface area contributed by atoms with Crippen molar-refractivity contribution in [2.45, 2.75) is 33.1 Å². The number of carbonyl (C=O) groups is 1. The zero-order valence-electron chi connectivity index (χ0n) is 14.3. The molecule has 1 rings (SSSR count). The molecule has 0 fully saturated rings. The summed E-state index contributed by atoms with van der Waals surface area (Å²) < 4.78 is 24.9. The van der Waals surface area contributed by atoms with E-state index < -0.39 is 10.0 Å². The van der Waals surface area contributed by atoms with Gasteiger partial charge in [0.15, 0.2) is 0 Å². The molecule has 23 heavy (non-hydrogen) atoms. The van der Waals surface area contributed by atoms with Gasteiger partial charge in [0.05, 0.1) is 12.8 Å². The molecule has 5 nitrogen and oxygen atoms in total. The molecule has 130 valence electrons. The SMILES string of the molecule is CC(C)CCNC(=O)CN(CCCc1ccccc1)S(C)(=O)=O. The third-order valence-corrected chi connectivity index (χ3v) is 4.80. The second-order valence-corrected chi connectivity index (χ2v) is 8.20. The molecule has 0 unspecified atom stereocenters. The molecule has 6 heteroatoms. The molecule has 0 aliphatic heterocycles. The van der Waals surface area contributed by atoms with Crippen molar-refractivity contribution in [1.82, 2.24) is 9.62 Å². The third kappa shape index (κ3) is 8.71. The molecular weight excluding hydrogens is 312 g/mol. The van der Waals surface area contributed by atoms with E-state index in [1.54, 1.807) is 0 Å². The zero-order chi connectivity index (χ0) is 17.3. The molecule has 1 N–H and O–H groups in total. The van der Waals surface area contributed by atoms with Crippen LogP contribution in [0, 0.1) is 5.92 Å².